The van der Waals surface area contributed by atoms with E-state index in [1.807, 2.05) is 0 Å². The third-order valence-corrected chi connectivity index (χ3v) is 8.70. The molecule has 11 rings (SSSR count). The van der Waals surface area contributed by atoms with E-state index in [9.17, 15) is 16.4 Å². The highest BCUT2D eigenvalue weighted by Gasteiger charge is 2.23. The second-order valence-electron chi connectivity index (χ2n) is 11.3. The molecule has 1 nitrogen and oxygen atoms in total. The minimum absolute atomic E-state index is 0.456. The van der Waals surface area contributed by atoms with E-state index < -0.39 is 284 Å². The standard InChI is InChI=1S/C50H30O/c1-2-15-34-30-35(25-24-31(34)12-1)46-38-18-7-9-20-41(38)49(42-21-10-8-19-39(42)46)48-36-16-5-3-13-32(36)26-28-43(48)40-22-11-23-45-47(40)44-29-27-33-14-4-6-17-37(33)50(44)51-45/h1-30H/i1D,2D,3D,4D,5D,6D,7D,8D,9D,10D,11D,12D,13D,14D,15D,16D,17D,18D,19D,20D,21D,23D,24D,25D,26D,27D,28D,29D,30D. The summed E-state index contributed by atoms with van der Waals surface area (Å²) in [6, 6.07) is -25.8. The van der Waals surface area contributed by atoms with E-state index in [1.165, 1.54) is 0 Å². The van der Waals surface area contributed by atoms with Crippen molar-refractivity contribution in [2.75, 3.05) is 0 Å². The molecule has 0 unspecified atom stereocenters. The Hall–Kier alpha value is -6.70. The lowest BCUT2D eigenvalue weighted by Gasteiger charge is -2.21. The highest BCUT2D eigenvalue weighted by atomic mass is 16.3. The van der Waals surface area contributed by atoms with E-state index in [2.05, 4.69) is 0 Å². The van der Waals surface area contributed by atoms with Crippen LogP contribution in [0.4, 0.5) is 0 Å². The van der Waals surface area contributed by atoms with Gasteiger partial charge in [0.25, 0.3) is 0 Å². The fourth-order valence-electron chi connectivity index (χ4n) is 6.61. The molecule has 0 aliphatic carbocycles. The van der Waals surface area contributed by atoms with Gasteiger partial charge in [0.05, 0.1) is 39.8 Å². The molecule has 0 saturated carbocycles. The average Bonchev–Trinajstić information content (AvgIpc) is 3.90. The minimum atomic E-state index is -1.06. The lowest BCUT2D eigenvalue weighted by Crippen LogP contribution is -1.94. The lowest BCUT2D eigenvalue weighted by molar-refractivity contribution is 0.673. The first-order chi connectivity index (χ1) is 37.4. The van der Waals surface area contributed by atoms with Crippen molar-refractivity contribution in [2.24, 2.45) is 0 Å². The van der Waals surface area contributed by atoms with Crippen LogP contribution in [0.15, 0.2) is 186 Å². The summed E-state index contributed by atoms with van der Waals surface area (Å²) in [4.78, 5) is 0. The van der Waals surface area contributed by atoms with Crippen molar-refractivity contribution in [1.29, 1.82) is 0 Å². The molecule has 0 fully saturated rings. The van der Waals surface area contributed by atoms with Crippen molar-refractivity contribution in [3.05, 3.63) is 181 Å². The molecular weight excluding hydrogens is 617 g/mol. The number of hydrogen-bond donors (Lipinski definition) is 0. The Kier molecular flexibility index (Phi) is 2.56. The molecule has 0 bridgehead atoms. The molecular formula is C50H30O. The van der Waals surface area contributed by atoms with Crippen molar-refractivity contribution in [3.8, 4) is 33.4 Å². The molecule has 0 spiro atoms. The molecule has 0 aliphatic heterocycles. The Balaban J connectivity index is 1.52. The van der Waals surface area contributed by atoms with Gasteiger partial charge in [-0.2, -0.15) is 0 Å². The van der Waals surface area contributed by atoms with Crippen molar-refractivity contribution < 1.29 is 44.2 Å². The molecule has 1 heteroatoms. The van der Waals surface area contributed by atoms with E-state index in [4.69, 9.17) is 27.7 Å². The first-order valence-electron chi connectivity index (χ1n) is 29.7. The van der Waals surface area contributed by atoms with Crippen molar-refractivity contribution in [2.45, 2.75) is 0 Å². The second kappa shape index (κ2) is 10.9. The van der Waals surface area contributed by atoms with E-state index in [0.717, 1.165) is 6.07 Å². The summed E-state index contributed by atoms with van der Waals surface area (Å²) in [7, 11) is 0. The van der Waals surface area contributed by atoms with Gasteiger partial charge in [0.1, 0.15) is 11.2 Å². The minimum Gasteiger partial charge on any atom is -0.455 e. The van der Waals surface area contributed by atoms with Gasteiger partial charge in [0.15, 0.2) is 0 Å². The van der Waals surface area contributed by atoms with Gasteiger partial charge >= 0.3 is 0 Å². The summed E-state index contributed by atoms with van der Waals surface area (Å²) < 4.78 is 271. The molecule has 51 heavy (non-hydrogen) atoms. The molecule has 0 radical (unpaired) electrons. The van der Waals surface area contributed by atoms with Gasteiger partial charge in [0.2, 0.25) is 0 Å². The fraction of sp³-hybridized carbons (Fsp3) is 0. The van der Waals surface area contributed by atoms with E-state index in [0.29, 0.717) is 0 Å². The molecule has 1 aromatic heterocycles. The van der Waals surface area contributed by atoms with Gasteiger partial charge in [-0.15, -0.1) is 0 Å². The topological polar surface area (TPSA) is 13.1 Å². The molecule has 0 atom stereocenters. The predicted molar refractivity (Wildman–Crippen MR) is 218 cm³/mol. The molecule has 11 aromatic rings. The van der Waals surface area contributed by atoms with Crippen LogP contribution in [0, 0.1) is 0 Å². The summed E-state index contributed by atoms with van der Waals surface area (Å²) >= 11 is 0. The Morgan fingerprint density at radius 3 is 1.63 bits per heavy atom. The highest BCUT2D eigenvalue weighted by Crippen LogP contribution is 2.50. The van der Waals surface area contributed by atoms with Gasteiger partial charge < -0.3 is 4.42 Å². The van der Waals surface area contributed by atoms with Gasteiger partial charge in [-0.05, 0) is 100.0 Å². The van der Waals surface area contributed by atoms with Gasteiger partial charge in [-0.3, -0.25) is 0 Å². The van der Waals surface area contributed by atoms with E-state index in [-0.39, 0.29) is 0 Å². The van der Waals surface area contributed by atoms with E-state index >= 15 is 0 Å². The molecule has 0 N–H and O–H groups in total. The predicted octanol–water partition coefficient (Wildman–Crippen LogP) is 14.4. The van der Waals surface area contributed by atoms with Crippen molar-refractivity contribution in [1.82, 2.24) is 0 Å². The Bertz CT molecular complexity index is 4790. The quantitative estimate of drug-likeness (QED) is 0.170. The van der Waals surface area contributed by atoms with Crippen LogP contribution in [-0.2, 0) is 0 Å². The second-order valence-corrected chi connectivity index (χ2v) is 11.3. The normalized spacial score (nSPS) is 19.9. The Morgan fingerprint density at radius 1 is 0.353 bits per heavy atom. The van der Waals surface area contributed by atoms with Crippen LogP contribution in [0.5, 0.6) is 0 Å². The van der Waals surface area contributed by atoms with Crippen LogP contribution in [0.2, 0.25) is 0 Å². The van der Waals surface area contributed by atoms with Crippen LogP contribution < -0.4 is 0 Å². The average molecular weight is 676 g/mol. The largest absolute Gasteiger partial charge is 0.455 e. The third-order valence-electron chi connectivity index (χ3n) is 8.70. The third kappa shape index (κ3) is 4.16. The molecule has 10 aromatic carbocycles. The van der Waals surface area contributed by atoms with Gasteiger partial charge in [-0.1, -0.05) is 163 Å². The summed E-state index contributed by atoms with van der Waals surface area (Å²) in [5.74, 6) is 0. The monoisotopic (exact) mass is 675 g/mol. The van der Waals surface area contributed by atoms with Crippen LogP contribution >= 0.6 is 0 Å². The molecule has 236 valence electrons. The number of fused-ring (bicyclic) bond motifs is 9. The van der Waals surface area contributed by atoms with E-state index in [1.54, 1.807) is 0 Å². The number of benzene rings is 10. The maximum atomic E-state index is 9.96. The molecule has 0 amide bonds. The van der Waals surface area contributed by atoms with Gasteiger partial charge in [-0.25, -0.2) is 0 Å². The number of hydrogen-bond acceptors (Lipinski definition) is 1. The van der Waals surface area contributed by atoms with Crippen molar-refractivity contribution in [3.63, 3.8) is 0 Å². The van der Waals surface area contributed by atoms with Crippen molar-refractivity contribution >= 4 is 75.8 Å². The molecule has 0 aliphatic rings. The van der Waals surface area contributed by atoms with Crippen LogP contribution in [0.1, 0.15) is 39.8 Å². The maximum absolute atomic E-state index is 9.96. The number of furan rings is 1. The van der Waals surface area contributed by atoms with Crippen LogP contribution in [0.3, 0.4) is 0 Å². The first-order valence-corrected chi connectivity index (χ1v) is 15.2. The Labute approximate surface area is 335 Å². The summed E-state index contributed by atoms with van der Waals surface area (Å²) in [5.41, 5.74) is -5.55. The highest BCUT2D eigenvalue weighted by molar-refractivity contribution is 6.27. The number of rotatable bonds is 3. The smallest absolute Gasteiger partial charge is 0.143 e. The zero-order chi connectivity index (χ0) is 58.7. The van der Waals surface area contributed by atoms with Crippen LogP contribution in [-0.4, -0.2) is 0 Å². The Morgan fingerprint density at radius 2 is 0.902 bits per heavy atom. The zero-order valence-electron chi connectivity index (χ0n) is 54.5. The summed E-state index contributed by atoms with van der Waals surface area (Å²) in [5, 5.41) is -7.81. The first kappa shape index (κ1) is 12.0. The fourth-order valence-corrected chi connectivity index (χ4v) is 6.61. The molecule has 1 heterocycles. The van der Waals surface area contributed by atoms with Gasteiger partial charge in [0, 0.05) is 16.2 Å². The maximum Gasteiger partial charge on any atom is 0.143 e. The summed E-state index contributed by atoms with van der Waals surface area (Å²) in [6.45, 7) is 0. The van der Waals surface area contributed by atoms with Crippen LogP contribution in [0.25, 0.3) is 109 Å². The zero-order valence-corrected chi connectivity index (χ0v) is 25.5. The molecule has 0 saturated heterocycles. The summed E-state index contributed by atoms with van der Waals surface area (Å²) in [6.07, 6.45) is 0. The SMILES string of the molecule is [2H]c1cc(-c2c([2H])c([2H])c3c([2H])c([2H])c([2H])c([2H])c3c2-c2c3c([2H])c([2H])c([2H])c([2H])c3c(-c3c([2H])c([2H])c4c([2H])c([2H])c([2H])c([2H])c4c3[2H])c3c([2H])c([2H])c([2H])c([2H])c23)c2c(oc3c4c([2H])c([2H])c([2H])c([2H])c4c([2H])c([2H])c32)c1[2H]. The lowest BCUT2D eigenvalue weighted by atomic mass is 9.81.